The number of sulfonamides is 1. The fourth-order valence-corrected chi connectivity index (χ4v) is 4.74. The van der Waals surface area contributed by atoms with Crippen LogP contribution < -0.4 is 0 Å². The topological polar surface area (TPSA) is 37.1 Å². The van der Waals surface area contributed by atoms with Gasteiger partial charge in [0.05, 0.1) is 0 Å². The van der Waals surface area contributed by atoms with Gasteiger partial charge in [0.15, 0.2) is 11.6 Å². The average molecular weight is 343 g/mol. The molecule has 2 aliphatic rings. The first-order chi connectivity index (χ1) is 10.8. The Kier molecular flexibility index (Phi) is 3.88. The molecule has 124 valence electrons. The molecule has 0 bridgehead atoms. The van der Waals surface area contributed by atoms with E-state index in [0.717, 1.165) is 6.07 Å². The zero-order valence-electron chi connectivity index (χ0n) is 12.5. The molecular weight excluding hydrogens is 327 g/mol. The van der Waals surface area contributed by atoms with Crippen LogP contribution in [0.2, 0.25) is 0 Å². The minimum Gasteiger partial charge on any atom is -0.211 e. The van der Waals surface area contributed by atoms with Crippen LogP contribution in [0, 0.1) is 23.4 Å². The number of hydrogen-bond acceptors (Lipinski definition) is 2. The Morgan fingerprint density at radius 2 is 1.78 bits per heavy atom. The molecule has 1 aromatic carbocycles. The predicted molar refractivity (Wildman–Crippen MR) is 80.7 cm³/mol. The van der Waals surface area contributed by atoms with E-state index < -0.39 is 38.1 Å². The average Bonchev–Trinajstić information content (AvgIpc) is 3.32. The van der Waals surface area contributed by atoms with Gasteiger partial charge in [-0.25, -0.2) is 21.6 Å². The number of rotatable bonds is 4. The summed E-state index contributed by atoms with van der Waals surface area (Å²) < 4.78 is 65.8. The van der Waals surface area contributed by atoms with Crippen molar-refractivity contribution in [2.75, 3.05) is 13.1 Å². The first-order valence-corrected chi connectivity index (χ1v) is 8.69. The highest BCUT2D eigenvalue weighted by atomic mass is 32.2. The highest BCUT2D eigenvalue weighted by molar-refractivity contribution is 7.90. The standard InChI is InChI=1S/C16H16F3NO2S/c1-16(23(21,22)20-6-7-20)5-3-2-4-12(16)8-11-9-14(18)15(19)10-13(11)17/h2-5,9-10,12H,6-8H2,1H3/t12?,16-/m1/s1. The van der Waals surface area contributed by atoms with Crippen molar-refractivity contribution in [3.63, 3.8) is 0 Å². The van der Waals surface area contributed by atoms with Crippen LogP contribution in [0.15, 0.2) is 36.4 Å². The Balaban J connectivity index is 1.96. The van der Waals surface area contributed by atoms with Gasteiger partial charge in [-0.15, -0.1) is 0 Å². The number of allylic oxidation sites excluding steroid dienone is 3. The maximum Gasteiger partial charge on any atom is 0.223 e. The van der Waals surface area contributed by atoms with E-state index in [1.54, 1.807) is 31.2 Å². The van der Waals surface area contributed by atoms with Gasteiger partial charge >= 0.3 is 0 Å². The van der Waals surface area contributed by atoms with E-state index in [2.05, 4.69) is 0 Å². The number of halogens is 3. The SMILES string of the molecule is C[C@@]1(S(=O)(=O)N2CC2)C=CC=CC1Cc1cc(F)c(F)cc1F. The van der Waals surface area contributed by atoms with Crippen molar-refractivity contribution in [2.45, 2.75) is 18.1 Å². The van der Waals surface area contributed by atoms with E-state index in [9.17, 15) is 21.6 Å². The van der Waals surface area contributed by atoms with Crippen LogP contribution in [0.4, 0.5) is 13.2 Å². The van der Waals surface area contributed by atoms with Crippen LogP contribution in [0.3, 0.4) is 0 Å². The smallest absolute Gasteiger partial charge is 0.211 e. The zero-order chi connectivity index (χ0) is 16.8. The van der Waals surface area contributed by atoms with E-state index >= 15 is 0 Å². The van der Waals surface area contributed by atoms with Crippen LogP contribution in [0.5, 0.6) is 0 Å². The van der Waals surface area contributed by atoms with Gasteiger partial charge in [-0.3, -0.25) is 0 Å². The minimum absolute atomic E-state index is 0.0343. The van der Waals surface area contributed by atoms with Crippen molar-refractivity contribution >= 4 is 10.0 Å². The van der Waals surface area contributed by atoms with Gasteiger partial charge in [-0.2, -0.15) is 4.31 Å². The summed E-state index contributed by atoms with van der Waals surface area (Å²) in [4.78, 5) is 0. The Morgan fingerprint density at radius 3 is 2.43 bits per heavy atom. The van der Waals surface area contributed by atoms with Crippen molar-refractivity contribution in [3.8, 4) is 0 Å². The zero-order valence-corrected chi connectivity index (χ0v) is 13.3. The van der Waals surface area contributed by atoms with Gasteiger partial charge in [-0.05, 0) is 25.0 Å². The number of nitrogens with zero attached hydrogens (tertiary/aromatic N) is 1. The number of hydrogen-bond donors (Lipinski definition) is 0. The third-order valence-electron chi connectivity index (χ3n) is 4.45. The summed E-state index contributed by atoms with van der Waals surface area (Å²) in [6.45, 7) is 2.52. The molecule has 1 aromatic rings. The lowest BCUT2D eigenvalue weighted by atomic mass is 9.84. The summed E-state index contributed by atoms with van der Waals surface area (Å²) in [5.41, 5.74) is -0.0407. The summed E-state index contributed by atoms with van der Waals surface area (Å²) in [5, 5.41) is 0. The summed E-state index contributed by atoms with van der Waals surface area (Å²) in [6, 6.07) is 1.28. The van der Waals surface area contributed by atoms with Gasteiger partial charge < -0.3 is 0 Å². The van der Waals surface area contributed by atoms with Gasteiger partial charge in [0, 0.05) is 25.1 Å². The molecule has 0 saturated carbocycles. The fraction of sp³-hybridized carbons (Fsp3) is 0.375. The van der Waals surface area contributed by atoms with E-state index in [-0.39, 0.29) is 12.0 Å². The molecule has 23 heavy (non-hydrogen) atoms. The molecule has 0 radical (unpaired) electrons. The molecule has 1 fully saturated rings. The van der Waals surface area contributed by atoms with E-state index in [1.807, 2.05) is 0 Å². The third kappa shape index (κ3) is 2.72. The molecule has 3 nitrogen and oxygen atoms in total. The molecule has 1 aliphatic heterocycles. The van der Waals surface area contributed by atoms with Gasteiger partial charge in [0.25, 0.3) is 0 Å². The Morgan fingerprint density at radius 1 is 1.13 bits per heavy atom. The minimum atomic E-state index is -3.58. The van der Waals surface area contributed by atoms with Crippen molar-refractivity contribution in [1.29, 1.82) is 0 Å². The highest BCUT2D eigenvalue weighted by Gasteiger charge is 2.50. The summed E-state index contributed by atoms with van der Waals surface area (Å²) in [6.07, 6.45) is 6.53. The third-order valence-corrected chi connectivity index (χ3v) is 7.04. The first kappa shape index (κ1) is 16.3. The predicted octanol–water partition coefficient (Wildman–Crippen LogP) is 2.79. The lowest BCUT2D eigenvalue weighted by Gasteiger charge is -2.35. The monoisotopic (exact) mass is 343 g/mol. The van der Waals surface area contributed by atoms with E-state index in [0.29, 0.717) is 19.2 Å². The van der Waals surface area contributed by atoms with Gasteiger partial charge in [0.2, 0.25) is 10.0 Å². The molecule has 1 aliphatic carbocycles. The summed E-state index contributed by atoms with van der Waals surface area (Å²) in [7, 11) is -3.58. The Hall–Kier alpha value is -1.60. The van der Waals surface area contributed by atoms with Crippen LogP contribution >= 0.6 is 0 Å². The summed E-state index contributed by atoms with van der Waals surface area (Å²) in [5.74, 6) is -3.85. The van der Waals surface area contributed by atoms with Crippen LogP contribution in [-0.4, -0.2) is 30.6 Å². The van der Waals surface area contributed by atoms with Crippen molar-refractivity contribution < 1.29 is 21.6 Å². The van der Waals surface area contributed by atoms with Crippen molar-refractivity contribution in [1.82, 2.24) is 4.31 Å². The molecular formula is C16H16F3NO2S. The highest BCUT2D eigenvalue weighted by Crippen LogP contribution is 2.39. The molecule has 7 heteroatoms. The molecule has 1 unspecified atom stereocenters. The molecule has 1 heterocycles. The maximum absolute atomic E-state index is 13.9. The van der Waals surface area contributed by atoms with E-state index in [1.165, 1.54) is 4.31 Å². The largest absolute Gasteiger partial charge is 0.223 e. The second-order valence-corrected chi connectivity index (χ2v) is 8.35. The van der Waals surface area contributed by atoms with Crippen molar-refractivity contribution in [2.24, 2.45) is 5.92 Å². The van der Waals surface area contributed by atoms with Gasteiger partial charge in [-0.1, -0.05) is 24.3 Å². The fourth-order valence-electron chi connectivity index (χ4n) is 2.82. The second kappa shape index (κ2) is 5.49. The van der Waals surface area contributed by atoms with Crippen LogP contribution in [0.25, 0.3) is 0 Å². The normalized spacial score (nSPS) is 27.4. The molecule has 3 rings (SSSR count). The lowest BCUT2D eigenvalue weighted by molar-refractivity contribution is 0.452. The maximum atomic E-state index is 13.9. The Bertz CT molecular complexity index is 800. The molecule has 0 amide bonds. The molecule has 0 aromatic heterocycles. The van der Waals surface area contributed by atoms with Crippen LogP contribution in [0.1, 0.15) is 12.5 Å². The summed E-state index contributed by atoms with van der Waals surface area (Å²) >= 11 is 0. The molecule has 0 N–H and O–H groups in total. The lowest BCUT2D eigenvalue weighted by Crippen LogP contribution is -2.45. The van der Waals surface area contributed by atoms with Crippen LogP contribution in [-0.2, 0) is 16.4 Å². The van der Waals surface area contributed by atoms with E-state index in [4.69, 9.17) is 0 Å². The second-order valence-electron chi connectivity index (χ2n) is 6.00. The number of benzene rings is 1. The first-order valence-electron chi connectivity index (χ1n) is 7.25. The molecule has 0 spiro atoms. The molecule has 1 saturated heterocycles. The quantitative estimate of drug-likeness (QED) is 0.623. The molecule has 2 atom stereocenters. The van der Waals surface area contributed by atoms with Crippen molar-refractivity contribution in [3.05, 3.63) is 59.5 Å². The Labute approximate surface area is 133 Å². The van der Waals surface area contributed by atoms with Gasteiger partial charge in [0.1, 0.15) is 10.6 Å².